The molecule has 0 unspecified atom stereocenters. The largest absolute Gasteiger partial charge is 0.504 e. The number of aliphatic carboxylic acids is 4. The van der Waals surface area contributed by atoms with Crippen molar-refractivity contribution in [2.75, 3.05) is 6.61 Å². The molecule has 4 aliphatic heterocycles. The second-order valence-electron chi connectivity index (χ2n) is 12.1. The summed E-state index contributed by atoms with van der Waals surface area (Å²) >= 11 is 0. The number of aliphatic hydroxyl groups is 6. The number of aliphatic hydroxyl groups excluding tert-OH is 6. The molecule has 0 aliphatic carbocycles. The number of carbonyl (C=O) groups is 4. The Balaban J connectivity index is 1.46. The third kappa shape index (κ3) is 7.51. The third-order valence-electron chi connectivity index (χ3n) is 8.72. The monoisotopic (exact) mass is 727 g/mol. The fraction of sp³-hybridized carbons (Fsp3) is 0.500. The third-order valence-corrected chi connectivity index (χ3v) is 8.72. The number of hydrogen-bond donors (Lipinski definition) is 12. The van der Waals surface area contributed by atoms with Gasteiger partial charge < -0.3 is 80.4 Å². The van der Waals surface area contributed by atoms with Gasteiger partial charge in [-0.3, -0.25) is 0 Å². The van der Waals surface area contributed by atoms with Crippen LogP contribution >= 0.6 is 0 Å². The summed E-state index contributed by atoms with van der Waals surface area (Å²) in [5.74, 6) is -6.79. The Labute approximate surface area is 285 Å². The lowest BCUT2D eigenvalue weighted by molar-refractivity contribution is -0.456. The van der Waals surface area contributed by atoms with E-state index in [-0.39, 0.29) is 29.7 Å². The molecule has 21 nitrogen and oxygen atoms in total. The van der Waals surface area contributed by atoms with E-state index in [4.69, 9.17) is 18.9 Å². The van der Waals surface area contributed by atoms with E-state index < -0.39 is 121 Å². The fourth-order valence-electron chi connectivity index (χ4n) is 6.03. The molecule has 0 aromatic heterocycles. The van der Waals surface area contributed by atoms with E-state index in [2.05, 4.69) is 5.32 Å². The SMILES string of the molecule is O=C(O)C1=C/C(=C/C=[N+]2c3cc(O)c(O[C@@H]4O[C@H](CO)[C@@H](O)[C@@H](O)[C@H]4O[C@@H]4O[C@H](C(=O)O)[C@@H](O)[C@@H](O)[C@H]4O)cc3C[C@H]2C(=O)O)C[C@@H](C(=O)O)N1. The van der Waals surface area contributed by atoms with Crippen molar-refractivity contribution in [1.82, 2.24) is 5.32 Å². The van der Waals surface area contributed by atoms with Crippen molar-refractivity contribution >= 4 is 35.8 Å². The zero-order valence-corrected chi connectivity index (χ0v) is 26.1. The first kappa shape index (κ1) is 37.5. The van der Waals surface area contributed by atoms with E-state index in [1.54, 1.807) is 0 Å². The summed E-state index contributed by atoms with van der Waals surface area (Å²) in [5.41, 5.74) is 0.282. The molecule has 21 heteroatoms. The number of carboxylic acids is 4. The van der Waals surface area contributed by atoms with Crippen molar-refractivity contribution in [1.29, 1.82) is 0 Å². The van der Waals surface area contributed by atoms with Crippen molar-refractivity contribution in [2.45, 2.75) is 86.3 Å². The van der Waals surface area contributed by atoms with Crippen LogP contribution in [0.15, 0.2) is 35.6 Å². The molecule has 278 valence electrons. The predicted molar refractivity (Wildman–Crippen MR) is 160 cm³/mol. The summed E-state index contributed by atoms with van der Waals surface area (Å²) in [5, 5.41) is 113. The van der Waals surface area contributed by atoms with Gasteiger partial charge >= 0.3 is 23.9 Å². The molecule has 1 aromatic carbocycles. The van der Waals surface area contributed by atoms with Gasteiger partial charge in [0.25, 0.3) is 6.04 Å². The summed E-state index contributed by atoms with van der Waals surface area (Å²) in [6.45, 7) is -0.859. The highest BCUT2D eigenvalue weighted by molar-refractivity contribution is 5.89. The smallest absolute Gasteiger partial charge is 0.373 e. The normalized spacial score (nSPS) is 36.5. The molecule has 12 atom stereocenters. The van der Waals surface area contributed by atoms with Crippen molar-refractivity contribution in [3.63, 3.8) is 0 Å². The van der Waals surface area contributed by atoms with Crippen LogP contribution in [-0.4, -0.2) is 171 Å². The van der Waals surface area contributed by atoms with E-state index >= 15 is 0 Å². The first-order valence-electron chi connectivity index (χ1n) is 15.2. The van der Waals surface area contributed by atoms with Crippen LogP contribution in [0.2, 0.25) is 0 Å². The lowest BCUT2D eigenvalue weighted by Gasteiger charge is -2.45. The number of allylic oxidation sites excluding steroid dienone is 2. The molecule has 0 saturated carbocycles. The molecule has 51 heavy (non-hydrogen) atoms. The first-order valence-corrected chi connectivity index (χ1v) is 15.2. The van der Waals surface area contributed by atoms with Crippen LogP contribution in [0.3, 0.4) is 0 Å². The van der Waals surface area contributed by atoms with Gasteiger partial charge in [-0.25, -0.2) is 19.2 Å². The zero-order valence-electron chi connectivity index (χ0n) is 26.1. The van der Waals surface area contributed by atoms with Crippen LogP contribution < -0.4 is 10.1 Å². The number of nitrogens with zero attached hydrogens (tertiary/aromatic N) is 1. The van der Waals surface area contributed by atoms with Crippen LogP contribution in [-0.2, 0) is 39.8 Å². The zero-order chi connectivity index (χ0) is 37.5. The Morgan fingerprint density at radius 1 is 0.863 bits per heavy atom. The standard InChI is InChI=1S/C30H34N2O19/c33-8-17-18(35)20(37)24(51-29-22(39)19(36)21(38)23(50-29)28(46)47)30(49-17)48-16-6-10-5-14(27(44)45)32(13(10)7-15(16)34)2-1-9-3-11(25(40)41)31-12(4-9)26(42)43/h1-3,6-7,12,14,17-24,29-30,33,35-39H,4-5,8H2,(H5,34,40,41,42,43,44,45,46,47)/p+1/t12-,14-,17+,18+,19+,20+,21-,22+,23-,24+,29-,30+/m0/s1. The number of rotatable bonds is 10. The number of aromatic hydroxyl groups is 1. The van der Waals surface area contributed by atoms with E-state index in [1.165, 1.54) is 29.0 Å². The Kier molecular flexibility index (Phi) is 10.9. The molecule has 1 aromatic rings. The summed E-state index contributed by atoms with van der Waals surface area (Å²) < 4.78 is 23.2. The van der Waals surface area contributed by atoms with E-state index in [1.807, 2.05) is 0 Å². The minimum Gasteiger partial charge on any atom is -0.504 e. The highest BCUT2D eigenvalue weighted by atomic mass is 16.8. The van der Waals surface area contributed by atoms with Crippen LogP contribution in [0.5, 0.6) is 11.5 Å². The van der Waals surface area contributed by atoms with E-state index in [9.17, 15) is 75.3 Å². The number of fused-ring (bicyclic) bond motifs is 1. The second kappa shape index (κ2) is 14.9. The lowest BCUT2D eigenvalue weighted by atomic mass is 9.97. The minimum absolute atomic E-state index is 0.140. The topological polar surface area (TPSA) is 343 Å². The highest BCUT2D eigenvalue weighted by Crippen LogP contribution is 2.41. The quantitative estimate of drug-likeness (QED) is 0.101. The Bertz CT molecular complexity index is 1660. The molecular weight excluding hydrogens is 692 g/mol. The van der Waals surface area contributed by atoms with Gasteiger partial charge in [0.2, 0.25) is 12.0 Å². The summed E-state index contributed by atoms with van der Waals surface area (Å²) in [7, 11) is 0. The number of phenolic OH excluding ortho intramolecular Hbond substituents is 1. The van der Waals surface area contributed by atoms with Crippen molar-refractivity contribution < 1.29 is 98.9 Å². The van der Waals surface area contributed by atoms with Crippen molar-refractivity contribution in [3.8, 4) is 11.5 Å². The minimum atomic E-state index is -2.09. The Morgan fingerprint density at radius 3 is 2.18 bits per heavy atom. The number of phenols is 1. The maximum Gasteiger partial charge on any atom is 0.373 e. The summed E-state index contributed by atoms with van der Waals surface area (Å²) in [6.07, 6.45) is -16.0. The summed E-state index contributed by atoms with van der Waals surface area (Å²) in [4.78, 5) is 46.8. The summed E-state index contributed by atoms with van der Waals surface area (Å²) in [6, 6.07) is -0.208. The van der Waals surface area contributed by atoms with Gasteiger partial charge in [-0.05, 0) is 17.7 Å². The molecule has 4 aliphatic rings. The molecule has 12 N–H and O–H groups in total. The van der Waals surface area contributed by atoms with Gasteiger partial charge in [-0.1, -0.05) is 0 Å². The van der Waals surface area contributed by atoms with E-state index in [0.717, 1.165) is 6.07 Å². The average molecular weight is 728 g/mol. The number of benzene rings is 1. The predicted octanol–water partition coefficient (Wildman–Crippen LogP) is -4.45. The Morgan fingerprint density at radius 2 is 1.57 bits per heavy atom. The molecular formula is C30H35N2O19+. The second-order valence-corrected chi connectivity index (χ2v) is 12.1. The molecule has 5 rings (SSSR count). The highest BCUT2D eigenvalue weighted by Gasteiger charge is 2.53. The fourth-order valence-corrected chi connectivity index (χ4v) is 6.03. The molecule has 0 radical (unpaired) electrons. The average Bonchev–Trinajstić information content (AvgIpc) is 3.43. The maximum atomic E-state index is 12.2. The lowest BCUT2D eigenvalue weighted by Crippen LogP contribution is -2.65. The Hall–Kier alpha value is -4.71. The number of carboxylic acid groups (broad SMARTS) is 4. The first-order chi connectivity index (χ1) is 24.0. The van der Waals surface area contributed by atoms with Crippen molar-refractivity contribution in [2.24, 2.45) is 0 Å². The molecule has 2 saturated heterocycles. The maximum absolute atomic E-state index is 12.2. The van der Waals surface area contributed by atoms with Crippen LogP contribution in [0.1, 0.15) is 12.0 Å². The number of ether oxygens (including phenoxy) is 4. The molecule has 0 spiro atoms. The number of nitrogens with one attached hydrogen (secondary N) is 1. The van der Waals surface area contributed by atoms with Gasteiger partial charge in [-0.2, -0.15) is 4.58 Å². The molecule has 0 amide bonds. The van der Waals surface area contributed by atoms with Gasteiger partial charge in [-0.15, -0.1) is 0 Å². The van der Waals surface area contributed by atoms with Gasteiger partial charge in [0.05, 0.1) is 19.1 Å². The molecule has 4 heterocycles. The number of hydrogen-bond acceptors (Lipinski definition) is 16. The molecule has 2 fully saturated rings. The molecule has 0 bridgehead atoms. The van der Waals surface area contributed by atoms with Crippen LogP contribution in [0.4, 0.5) is 5.69 Å². The van der Waals surface area contributed by atoms with E-state index in [0.29, 0.717) is 0 Å². The van der Waals surface area contributed by atoms with Crippen LogP contribution in [0.25, 0.3) is 0 Å². The van der Waals surface area contributed by atoms with Crippen LogP contribution in [0, 0.1) is 0 Å². The van der Waals surface area contributed by atoms with Gasteiger partial charge in [0.1, 0.15) is 48.4 Å². The van der Waals surface area contributed by atoms with Gasteiger partial charge in [0, 0.05) is 18.1 Å². The van der Waals surface area contributed by atoms with Gasteiger partial charge in [0.15, 0.2) is 36.2 Å². The van der Waals surface area contributed by atoms with Crippen molar-refractivity contribution in [3.05, 3.63) is 41.1 Å².